The van der Waals surface area contributed by atoms with Crippen molar-refractivity contribution in [3.05, 3.63) is 69.0 Å². The number of ketones is 1. The van der Waals surface area contributed by atoms with E-state index in [0.717, 1.165) is 4.70 Å². The van der Waals surface area contributed by atoms with Gasteiger partial charge in [-0.25, -0.2) is 0 Å². The van der Waals surface area contributed by atoms with Gasteiger partial charge in [-0.05, 0) is 41.8 Å². The number of carbonyl (C=O) groups excluding carboxylic acids is 3. The lowest BCUT2D eigenvalue weighted by Gasteiger charge is -2.25. The number of hydrogen-bond acceptors (Lipinski definition) is 4. The van der Waals surface area contributed by atoms with Crippen LogP contribution in [-0.4, -0.2) is 35.9 Å². The first kappa shape index (κ1) is 27.0. The van der Waals surface area contributed by atoms with Gasteiger partial charge in [0.05, 0.1) is 11.6 Å². The van der Waals surface area contributed by atoms with Crippen LogP contribution in [-0.2, 0) is 16.0 Å². The molecule has 0 bridgehead atoms. The Labute approximate surface area is 213 Å². The molecule has 0 aliphatic rings. The molecule has 2 atom stereocenters. The van der Waals surface area contributed by atoms with E-state index in [4.69, 9.17) is 23.2 Å². The number of benzene rings is 2. The first-order chi connectivity index (χ1) is 16.4. The number of hydrogen-bond donors (Lipinski definition) is 2. The monoisotopic (exact) mass is 544 g/mol. The van der Waals surface area contributed by atoms with E-state index >= 15 is 0 Å². The van der Waals surface area contributed by atoms with Crippen molar-refractivity contribution in [2.75, 3.05) is 0 Å². The molecule has 1 heterocycles. The number of Topliss-reactive ketones (excluding diaryl/α,β-unsaturated/α-hetero) is 1. The van der Waals surface area contributed by atoms with Crippen LogP contribution in [0.2, 0.25) is 10.0 Å². The zero-order valence-electron chi connectivity index (χ0n) is 18.6. The number of amides is 2. The second kappa shape index (κ2) is 11.0. The Morgan fingerprint density at radius 1 is 1.00 bits per heavy atom. The first-order valence-electron chi connectivity index (χ1n) is 10.5. The third-order valence-electron chi connectivity index (χ3n) is 5.26. The average Bonchev–Trinajstić information content (AvgIpc) is 3.18. The molecular formula is C24H21Cl2F3N2O3S. The molecule has 0 saturated carbocycles. The Morgan fingerprint density at radius 2 is 1.69 bits per heavy atom. The van der Waals surface area contributed by atoms with E-state index < -0.39 is 41.8 Å². The molecule has 0 aliphatic heterocycles. The summed E-state index contributed by atoms with van der Waals surface area (Å²) < 4.78 is 40.1. The average molecular weight is 545 g/mol. The predicted octanol–water partition coefficient (Wildman–Crippen LogP) is 5.82. The number of nitrogens with one attached hydrogen (secondary N) is 2. The summed E-state index contributed by atoms with van der Waals surface area (Å²) in [5, 5.41) is 7.77. The highest BCUT2D eigenvalue weighted by molar-refractivity contribution is 7.17. The lowest BCUT2D eigenvalue weighted by atomic mass is 9.98. The maximum absolute atomic E-state index is 13.1. The van der Waals surface area contributed by atoms with Gasteiger partial charge in [0.1, 0.15) is 6.04 Å². The molecule has 11 heteroatoms. The van der Waals surface area contributed by atoms with Gasteiger partial charge in [0.15, 0.2) is 0 Å². The molecule has 3 rings (SSSR count). The minimum absolute atomic E-state index is 0.0635. The number of thiophene rings is 1. The summed E-state index contributed by atoms with van der Waals surface area (Å²) in [5.41, 5.74) is 0.836. The lowest BCUT2D eigenvalue weighted by molar-refractivity contribution is -0.175. The fraction of sp³-hybridized carbons (Fsp3) is 0.292. The predicted molar refractivity (Wildman–Crippen MR) is 131 cm³/mol. The minimum Gasteiger partial charge on any atom is -0.344 e. The van der Waals surface area contributed by atoms with Gasteiger partial charge < -0.3 is 10.6 Å². The van der Waals surface area contributed by atoms with Crippen LogP contribution in [0, 0.1) is 5.92 Å². The van der Waals surface area contributed by atoms with Crippen molar-refractivity contribution in [2.45, 2.75) is 38.5 Å². The van der Waals surface area contributed by atoms with E-state index in [-0.39, 0.29) is 12.0 Å². The molecular weight excluding hydrogens is 524 g/mol. The number of carbonyl (C=O) groups is 3. The largest absolute Gasteiger partial charge is 0.452 e. The molecule has 1 aromatic heterocycles. The van der Waals surface area contributed by atoms with Gasteiger partial charge in [0.25, 0.3) is 11.7 Å². The van der Waals surface area contributed by atoms with Crippen molar-refractivity contribution in [3.63, 3.8) is 0 Å². The molecule has 3 aromatic rings. The highest BCUT2D eigenvalue weighted by Gasteiger charge is 2.45. The fourth-order valence-electron chi connectivity index (χ4n) is 3.49. The fourth-order valence-corrected chi connectivity index (χ4v) is 4.79. The molecule has 5 nitrogen and oxygen atoms in total. The lowest BCUT2D eigenvalue weighted by Crippen LogP contribution is -2.56. The van der Waals surface area contributed by atoms with E-state index in [1.807, 2.05) is 0 Å². The van der Waals surface area contributed by atoms with Gasteiger partial charge in [-0.15, -0.1) is 11.3 Å². The standard InChI is InChI=1S/C24H21Cl2F3N2O3S/c1-12(2)20(21(32)24(27,28)29)31-23(34)18(9-13-4-3-5-14(25)8-13)30-22(33)17-11-35-19-7-6-15(26)10-16(17)19/h3-8,10-12,18,20H,9H2,1-2H3,(H,30,33)(H,31,34)/t18?,20-/m0/s1. The van der Waals surface area contributed by atoms with Crippen LogP contribution in [0.25, 0.3) is 10.1 Å². The van der Waals surface area contributed by atoms with Crippen LogP contribution >= 0.6 is 34.5 Å². The van der Waals surface area contributed by atoms with Gasteiger partial charge in [0.2, 0.25) is 5.91 Å². The van der Waals surface area contributed by atoms with Gasteiger partial charge in [-0.1, -0.05) is 49.2 Å². The summed E-state index contributed by atoms with van der Waals surface area (Å²) in [6.07, 6.45) is -5.19. The van der Waals surface area contributed by atoms with E-state index in [9.17, 15) is 27.6 Å². The molecule has 0 saturated heterocycles. The number of fused-ring (bicyclic) bond motifs is 1. The van der Waals surface area contributed by atoms with Crippen LogP contribution in [0.1, 0.15) is 29.8 Å². The molecule has 0 spiro atoms. The molecule has 2 amide bonds. The van der Waals surface area contributed by atoms with Crippen LogP contribution in [0.3, 0.4) is 0 Å². The van der Waals surface area contributed by atoms with Crippen molar-refractivity contribution >= 4 is 62.2 Å². The Balaban J connectivity index is 1.90. The Bertz CT molecular complexity index is 1260. The molecule has 0 fully saturated rings. The normalized spacial score (nSPS) is 13.5. The van der Waals surface area contributed by atoms with Gasteiger partial charge in [-0.2, -0.15) is 13.2 Å². The number of halogens is 5. The van der Waals surface area contributed by atoms with Crippen LogP contribution in [0.5, 0.6) is 0 Å². The molecule has 35 heavy (non-hydrogen) atoms. The highest BCUT2D eigenvalue weighted by Crippen LogP contribution is 2.29. The van der Waals surface area contributed by atoms with Crippen LogP contribution < -0.4 is 10.6 Å². The maximum atomic E-state index is 13.1. The first-order valence-corrected chi connectivity index (χ1v) is 12.1. The molecule has 2 aromatic carbocycles. The van der Waals surface area contributed by atoms with Crippen LogP contribution in [0.15, 0.2) is 47.8 Å². The van der Waals surface area contributed by atoms with Gasteiger partial charge in [0, 0.05) is 31.9 Å². The quantitative estimate of drug-likeness (QED) is 0.375. The Morgan fingerprint density at radius 3 is 2.31 bits per heavy atom. The third kappa shape index (κ3) is 6.74. The summed E-state index contributed by atoms with van der Waals surface area (Å²) in [4.78, 5) is 38.1. The zero-order chi connectivity index (χ0) is 25.9. The Kier molecular flexibility index (Phi) is 8.46. The summed E-state index contributed by atoms with van der Waals surface area (Å²) in [7, 11) is 0. The summed E-state index contributed by atoms with van der Waals surface area (Å²) in [6.45, 7) is 2.78. The molecule has 186 valence electrons. The highest BCUT2D eigenvalue weighted by atomic mass is 35.5. The second-order valence-electron chi connectivity index (χ2n) is 8.24. The molecule has 0 radical (unpaired) electrons. The van der Waals surface area contributed by atoms with E-state index in [1.165, 1.54) is 25.2 Å². The van der Waals surface area contributed by atoms with Crippen molar-refractivity contribution in [1.29, 1.82) is 0 Å². The molecule has 1 unspecified atom stereocenters. The number of rotatable bonds is 8. The smallest absolute Gasteiger partial charge is 0.344 e. The third-order valence-corrected chi connectivity index (χ3v) is 6.69. The SMILES string of the molecule is CC(C)[C@H](NC(=O)C(Cc1cccc(Cl)c1)NC(=O)c1csc2ccc(Cl)cc12)C(=O)C(F)(F)F. The Hall–Kier alpha value is -2.62. The minimum atomic E-state index is -5.12. The van der Waals surface area contributed by atoms with E-state index in [1.54, 1.807) is 47.8 Å². The number of alkyl halides is 3. The molecule has 2 N–H and O–H groups in total. The summed E-state index contributed by atoms with van der Waals surface area (Å²) in [6, 6.07) is 8.48. The maximum Gasteiger partial charge on any atom is 0.452 e. The summed E-state index contributed by atoms with van der Waals surface area (Å²) >= 11 is 13.4. The van der Waals surface area contributed by atoms with Crippen molar-refractivity contribution in [3.8, 4) is 0 Å². The van der Waals surface area contributed by atoms with Crippen molar-refractivity contribution in [1.82, 2.24) is 10.6 Å². The zero-order valence-corrected chi connectivity index (χ0v) is 20.9. The van der Waals surface area contributed by atoms with Crippen molar-refractivity contribution < 1.29 is 27.6 Å². The van der Waals surface area contributed by atoms with Gasteiger partial charge >= 0.3 is 6.18 Å². The van der Waals surface area contributed by atoms with Gasteiger partial charge in [-0.3, -0.25) is 14.4 Å². The van der Waals surface area contributed by atoms with Crippen molar-refractivity contribution in [2.24, 2.45) is 5.92 Å². The molecule has 0 aliphatic carbocycles. The van der Waals surface area contributed by atoms with E-state index in [0.29, 0.717) is 21.0 Å². The summed E-state index contributed by atoms with van der Waals surface area (Å²) in [5.74, 6) is -4.43. The topological polar surface area (TPSA) is 75.3 Å². The second-order valence-corrected chi connectivity index (χ2v) is 10.0. The van der Waals surface area contributed by atoms with E-state index in [2.05, 4.69) is 10.6 Å². The van der Waals surface area contributed by atoms with Crippen LogP contribution in [0.4, 0.5) is 13.2 Å².